The molecule has 2 aromatic carbocycles. The highest BCUT2D eigenvalue weighted by molar-refractivity contribution is 9.10. The van der Waals surface area contributed by atoms with Crippen LogP contribution < -0.4 is 0 Å². The van der Waals surface area contributed by atoms with Gasteiger partial charge in [0, 0.05) is 22.4 Å². The van der Waals surface area contributed by atoms with Crippen LogP contribution in [-0.2, 0) is 14.3 Å². The zero-order valence-corrected chi connectivity index (χ0v) is 15.5. The van der Waals surface area contributed by atoms with Gasteiger partial charge in [0.1, 0.15) is 11.5 Å². The molecule has 1 atom stereocenters. The number of halogens is 1. The van der Waals surface area contributed by atoms with E-state index in [1.807, 2.05) is 42.5 Å². The fourth-order valence-corrected chi connectivity index (χ4v) is 3.03. The highest BCUT2D eigenvalue weighted by atomic mass is 79.9. The van der Waals surface area contributed by atoms with Crippen LogP contribution in [0.4, 0.5) is 0 Å². The van der Waals surface area contributed by atoms with Gasteiger partial charge in [0.2, 0.25) is 0 Å². The van der Waals surface area contributed by atoms with Gasteiger partial charge in [-0.25, -0.2) is 4.79 Å². The van der Waals surface area contributed by atoms with E-state index in [9.17, 15) is 4.79 Å². The van der Waals surface area contributed by atoms with E-state index in [-0.39, 0.29) is 11.9 Å². The summed E-state index contributed by atoms with van der Waals surface area (Å²) < 4.78 is 12.0. The van der Waals surface area contributed by atoms with Gasteiger partial charge in [-0.15, -0.1) is 0 Å². The van der Waals surface area contributed by atoms with Gasteiger partial charge >= 0.3 is 5.97 Å². The molecule has 1 aliphatic rings. The van der Waals surface area contributed by atoms with Gasteiger partial charge < -0.3 is 9.47 Å². The third kappa shape index (κ3) is 4.60. The summed E-state index contributed by atoms with van der Waals surface area (Å²) in [5.74, 6) is 1.14. The molecule has 0 N–H and O–H groups in total. The monoisotopic (exact) mass is 398 g/mol. The maximum Gasteiger partial charge on any atom is 0.334 e. The van der Waals surface area contributed by atoms with Gasteiger partial charge in [0.05, 0.1) is 12.7 Å². The normalized spacial score (nSPS) is 18.4. The van der Waals surface area contributed by atoms with Gasteiger partial charge in [0.15, 0.2) is 0 Å². The second kappa shape index (κ2) is 8.17. The Labute approximate surface area is 156 Å². The number of carbonyl (C=O) groups is 1. The third-order valence-corrected chi connectivity index (χ3v) is 4.47. The lowest BCUT2D eigenvalue weighted by molar-refractivity contribution is -0.137. The third-order valence-electron chi connectivity index (χ3n) is 3.94. The molecule has 0 saturated carbocycles. The predicted octanol–water partition coefficient (Wildman–Crippen LogP) is 5.44. The van der Waals surface area contributed by atoms with E-state index in [0.29, 0.717) is 18.8 Å². The van der Waals surface area contributed by atoms with Crippen molar-refractivity contribution in [1.82, 2.24) is 0 Å². The topological polar surface area (TPSA) is 35.5 Å². The zero-order valence-electron chi connectivity index (χ0n) is 13.9. The fourth-order valence-electron chi connectivity index (χ4n) is 2.76. The van der Waals surface area contributed by atoms with E-state index < -0.39 is 0 Å². The number of allylic oxidation sites excluding steroid dienone is 2. The molecular weight excluding hydrogens is 380 g/mol. The number of hydrogen-bond acceptors (Lipinski definition) is 3. The van der Waals surface area contributed by atoms with E-state index in [1.54, 1.807) is 6.92 Å². The molecule has 0 radical (unpaired) electrons. The van der Waals surface area contributed by atoms with E-state index in [0.717, 1.165) is 15.8 Å². The average Bonchev–Trinajstić information content (AvgIpc) is 2.63. The molecule has 1 aliphatic heterocycles. The van der Waals surface area contributed by atoms with Gasteiger partial charge in [0.25, 0.3) is 0 Å². The van der Waals surface area contributed by atoms with Crippen LogP contribution in [0.2, 0.25) is 0 Å². The van der Waals surface area contributed by atoms with Crippen LogP contribution in [0.25, 0.3) is 5.76 Å². The molecule has 1 heterocycles. The SMILES string of the molecule is CCOC(=O)/C=C1/C[C@H](c2ccc(Br)cc2)C=C(c2ccccc2)O1. The van der Waals surface area contributed by atoms with Crippen molar-refractivity contribution in [2.75, 3.05) is 6.61 Å². The minimum atomic E-state index is -0.374. The maximum atomic E-state index is 11.8. The highest BCUT2D eigenvalue weighted by Crippen LogP contribution is 2.36. The number of carbonyl (C=O) groups excluding carboxylic acids is 1. The molecule has 128 valence electrons. The zero-order chi connectivity index (χ0) is 17.6. The van der Waals surface area contributed by atoms with Crippen molar-refractivity contribution >= 4 is 27.7 Å². The predicted molar refractivity (Wildman–Crippen MR) is 102 cm³/mol. The Bertz CT molecular complexity index is 792. The summed E-state index contributed by atoms with van der Waals surface area (Å²) in [6.45, 7) is 2.14. The van der Waals surface area contributed by atoms with Gasteiger partial charge in [-0.2, -0.15) is 0 Å². The lowest BCUT2D eigenvalue weighted by atomic mass is 9.91. The van der Waals surface area contributed by atoms with Crippen LogP contribution in [0.1, 0.15) is 30.4 Å². The van der Waals surface area contributed by atoms with Crippen LogP contribution in [0.15, 0.2) is 77.0 Å². The van der Waals surface area contributed by atoms with E-state index in [1.165, 1.54) is 11.6 Å². The number of esters is 1. The van der Waals surface area contributed by atoms with Crippen molar-refractivity contribution in [1.29, 1.82) is 0 Å². The summed E-state index contributed by atoms with van der Waals surface area (Å²) in [7, 11) is 0. The summed E-state index contributed by atoms with van der Waals surface area (Å²) in [6.07, 6.45) is 4.18. The van der Waals surface area contributed by atoms with Crippen LogP contribution in [0.5, 0.6) is 0 Å². The summed E-state index contributed by atoms with van der Waals surface area (Å²) in [5.41, 5.74) is 2.16. The van der Waals surface area contributed by atoms with Gasteiger partial charge in [-0.3, -0.25) is 0 Å². The maximum absolute atomic E-state index is 11.8. The number of benzene rings is 2. The molecule has 0 unspecified atom stereocenters. The van der Waals surface area contributed by atoms with Gasteiger partial charge in [-0.1, -0.05) is 58.4 Å². The standard InChI is InChI=1S/C21H19BrO3/c1-2-24-21(23)14-19-12-17(15-8-10-18(22)11-9-15)13-20(25-19)16-6-4-3-5-7-16/h3-11,13-14,17H,2,12H2,1H3/b19-14-/t17-/m0/s1. The summed E-state index contributed by atoms with van der Waals surface area (Å²) in [5, 5.41) is 0. The number of ether oxygens (including phenoxy) is 2. The second-order valence-corrected chi connectivity index (χ2v) is 6.64. The Hall–Kier alpha value is -2.33. The van der Waals surface area contributed by atoms with Crippen LogP contribution in [-0.4, -0.2) is 12.6 Å². The van der Waals surface area contributed by atoms with Crippen LogP contribution in [0, 0.1) is 0 Å². The molecule has 0 fully saturated rings. The fraction of sp³-hybridized carbons (Fsp3) is 0.190. The summed E-state index contributed by atoms with van der Waals surface area (Å²) in [4.78, 5) is 11.8. The Morgan fingerprint density at radius 1 is 1.20 bits per heavy atom. The Morgan fingerprint density at radius 3 is 2.60 bits per heavy atom. The summed E-state index contributed by atoms with van der Waals surface area (Å²) in [6, 6.07) is 18.1. The molecule has 4 heteroatoms. The molecule has 25 heavy (non-hydrogen) atoms. The molecule has 0 amide bonds. The van der Waals surface area contributed by atoms with Gasteiger partial charge in [-0.05, 0) is 30.7 Å². The lowest BCUT2D eigenvalue weighted by Crippen LogP contribution is -2.10. The van der Waals surface area contributed by atoms with Crippen molar-refractivity contribution in [3.8, 4) is 0 Å². The van der Waals surface area contributed by atoms with E-state index in [4.69, 9.17) is 9.47 Å². The van der Waals surface area contributed by atoms with Crippen molar-refractivity contribution in [3.63, 3.8) is 0 Å². The average molecular weight is 399 g/mol. The number of rotatable bonds is 4. The van der Waals surface area contributed by atoms with E-state index in [2.05, 4.69) is 34.1 Å². The minimum absolute atomic E-state index is 0.137. The number of hydrogen-bond donors (Lipinski definition) is 0. The Kier molecular flexibility index (Phi) is 5.71. The first-order valence-electron chi connectivity index (χ1n) is 8.23. The summed E-state index contributed by atoms with van der Waals surface area (Å²) >= 11 is 3.47. The molecule has 0 spiro atoms. The van der Waals surface area contributed by atoms with Crippen molar-refractivity contribution in [2.45, 2.75) is 19.3 Å². The highest BCUT2D eigenvalue weighted by Gasteiger charge is 2.22. The Morgan fingerprint density at radius 2 is 1.92 bits per heavy atom. The lowest BCUT2D eigenvalue weighted by Gasteiger charge is -2.25. The second-order valence-electron chi connectivity index (χ2n) is 5.72. The molecule has 0 bridgehead atoms. The molecule has 3 rings (SSSR count). The van der Waals surface area contributed by atoms with Crippen molar-refractivity contribution in [3.05, 3.63) is 88.1 Å². The first-order chi connectivity index (χ1) is 12.2. The molecule has 3 nitrogen and oxygen atoms in total. The van der Waals surface area contributed by atoms with Crippen LogP contribution in [0.3, 0.4) is 0 Å². The van der Waals surface area contributed by atoms with Crippen molar-refractivity contribution in [2.24, 2.45) is 0 Å². The molecule has 0 aromatic heterocycles. The quantitative estimate of drug-likeness (QED) is 0.507. The van der Waals surface area contributed by atoms with E-state index >= 15 is 0 Å². The molecular formula is C21H19BrO3. The van der Waals surface area contributed by atoms with Crippen molar-refractivity contribution < 1.29 is 14.3 Å². The molecule has 0 aliphatic carbocycles. The molecule has 0 saturated heterocycles. The largest absolute Gasteiger partial charge is 0.463 e. The Balaban J connectivity index is 1.95. The van der Waals surface area contributed by atoms with Crippen LogP contribution >= 0.6 is 15.9 Å². The first-order valence-corrected chi connectivity index (χ1v) is 9.03. The first kappa shape index (κ1) is 17.5. The smallest absolute Gasteiger partial charge is 0.334 e. The molecule has 2 aromatic rings. The minimum Gasteiger partial charge on any atom is -0.463 e.